The molecule has 21 heavy (non-hydrogen) atoms. The quantitative estimate of drug-likeness (QED) is 0.300. The molecule has 0 spiro atoms. The number of hydrogen-bond donors (Lipinski definition) is 0. The van der Waals surface area contributed by atoms with E-state index in [-0.39, 0.29) is 25.0 Å². The van der Waals surface area contributed by atoms with Crippen molar-refractivity contribution in [3.05, 3.63) is 0 Å². The van der Waals surface area contributed by atoms with Crippen LogP contribution in [0, 0.1) is 0 Å². The Labute approximate surface area is 148 Å². The van der Waals surface area contributed by atoms with Gasteiger partial charge < -0.3 is 0 Å². The second kappa shape index (κ2) is 17.0. The van der Waals surface area contributed by atoms with Gasteiger partial charge in [-0.1, -0.05) is 97.8 Å². The Morgan fingerprint density at radius 2 is 0.762 bits per heavy atom. The molecule has 0 aromatic carbocycles. The zero-order valence-corrected chi connectivity index (χ0v) is 16.2. The maximum atomic E-state index is 2.64. The molecule has 0 fully saturated rings. The van der Waals surface area contributed by atoms with Crippen LogP contribution in [0.25, 0.3) is 0 Å². The van der Waals surface area contributed by atoms with Crippen molar-refractivity contribution in [3.8, 4) is 0 Å². The van der Waals surface area contributed by atoms with E-state index in [0.717, 1.165) is 0 Å². The minimum absolute atomic E-state index is 0. The Hall–Kier alpha value is 0.662. The smallest absolute Gasteiger partial charge is 0.190 e. The third kappa shape index (κ3) is 15.3. The molecule has 0 amide bonds. The average Bonchev–Trinajstić information content (AvgIpc) is 2.45. The first kappa shape index (κ1) is 23.9. The van der Waals surface area contributed by atoms with Gasteiger partial charge in [0.2, 0.25) is 0 Å². The van der Waals surface area contributed by atoms with E-state index in [2.05, 4.69) is 27.6 Å². The van der Waals surface area contributed by atoms with Gasteiger partial charge >= 0.3 is 18.9 Å². The molecule has 0 unspecified atom stereocenters. The van der Waals surface area contributed by atoms with Gasteiger partial charge in [-0.25, -0.2) is 0 Å². The molecule has 0 nitrogen and oxygen atoms in total. The van der Waals surface area contributed by atoms with Crippen LogP contribution in [0.2, 0.25) is 25.8 Å². The second-order valence-electron chi connectivity index (χ2n) is 7.64. The third-order valence-corrected chi connectivity index (χ3v) is 5.26. The fourth-order valence-electron chi connectivity index (χ4n) is 3.62. The Kier molecular flexibility index (Phi) is 19.4. The molecule has 0 N–H and O–H groups in total. The molecular formula is C19H42BLi. The summed E-state index contributed by atoms with van der Waals surface area (Å²) in [4.78, 5) is 0. The van der Waals surface area contributed by atoms with Gasteiger partial charge in [-0.15, -0.1) is 0 Å². The zero-order chi connectivity index (χ0) is 15.1. The standard InChI is InChI=1S/C19H42B.Li/c1-5-8-11-14-17-20(4,18-15-12-9-6-2)19-16-13-10-7-3;/h5-19H2,1-4H3;/q-1;+1. The largest absolute Gasteiger partial charge is 1.00 e. The fourth-order valence-corrected chi connectivity index (χ4v) is 3.62. The van der Waals surface area contributed by atoms with Crippen LogP contribution in [0.15, 0.2) is 0 Å². The first-order valence-corrected chi connectivity index (χ1v) is 9.92. The van der Waals surface area contributed by atoms with Crippen LogP contribution >= 0.6 is 0 Å². The van der Waals surface area contributed by atoms with E-state index in [0.29, 0.717) is 0 Å². The van der Waals surface area contributed by atoms with E-state index in [1.165, 1.54) is 96.0 Å². The van der Waals surface area contributed by atoms with E-state index in [4.69, 9.17) is 0 Å². The summed E-state index contributed by atoms with van der Waals surface area (Å²) >= 11 is 0. The van der Waals surface area contributed by atoms with Gasteiger partial charge in [-0.05, 0) is 6.15 Å². The molecule has 2 heteroatoms. The number of unbranched alkanes of at least 4 members (excludes halogenated alkanes) is 9. The summed E-state index contributed by atoms with van der Waals surface area (Å²) in [5, 5.41) is 0. The summed E-state index contributed by atoms with van der Waals surface area (Å²) in [7, 11) is 0. The molecule has 0 atom stereocenters. The van der Waals surface area contributed by atoms with Crippen LogP contribution in [-0.4, -0.2) is 6.15 Å². The van der Waals surface area contributed by atoms with Gasteiger partial charge in [-0.3, -0.25) is 0 Å². The Morgan fingerprint density at radius 3 is 1.00 bits per heavy atom. The van der Waals surface area contributed by atoms with E-state index >= 15 is 0 Å². The van der Waals surface area contributed by atoms with Crippen molar-refractivity contribution < 1.29 is 18.9 Å². The maximum absolute atomic E-state index is 2.64. The van der Waals surface area contributed by atoms with Crippen molar-refractivity contribution in [2.45, 2.75) is 124 Å². The van der Waals surface area contributed by atoms with Crippen molar-refractivity contribution in [2.75, 3.05) is 0 Å². The summed E-state index contributed by atoms with van der Waals surface area (Å²) in [6.45, 7) is 9.60. The van der Waals surface area contributed by atoms with E-state index in [1.807, 2.05) is 0 Å². The van der Waals surface area contributed by atoms with Crippen LogP contribution in [0.5, 0.6) is 0 Å². The maximum Gasteiger partial charge on any atom is 1.00 e. The van der Waals surface area contributed by atoms with Crippen LogP contribution < -0.4 is 18.9 Å². The van der Waals surface area contributed by atoms with Gasteiger partial charge in [-0.2, -0.15) is 25.8 Å². The molecule has 0 rings (SSSR count). The van der Waals surface area contributed by atoms with Crippen molar-refractivity contribution in [1.29, 1.82) is 0 Å². The molecule has 0 aromatic heterocycles. The van der Waals surface area contributed by atoms with Crippen molar-refractivity contribution in [1.82, 2.24) is 0 Å². The Bertz CT molecular complexity index is 163. The fraction of sp³-hybridized carbons (Fsp3) is 1.00. The monoisotopic (exact) mass is 288 g/mol. The summed E-state index contributed by atoms with van der Waals surface area (Å²) in [6.07, 6.45) is 21.9. The van der Waals surface area contributed by atoms with Gasteiger partial charge in [0, 0.05) is 0 Å². The van der Waals surface area contributed by atoms with Crippen molar-refractivity contribution in [2.24, 2.45) is 0 Å². The van der Waals surface area contributed by atoms with Crippen LogP contribution in [0.3, 0.4) is 0 Å². The molecule has 0 aliphatic heterocycles. The molecule has 0 radical (unpaired) electrons. The van der Waals surface area contributed by atoms with Crippen molar-refractivity contribution >= 4 is 6.15 Å². The Balaban J connectivity index is 0. The van der Waals surface area contributed by atoms with Crippen molar-refractivity contribution in [3.63, 3.8) is 0 Å². The van der Waals surface area contributed by atoms with Crippen LogP contribution in [-0.2, 0) is 0 Å². The molecule has 0 heterocycles. The molecule has 0 aliphatic carbocycles. The molecule has 122 valence electrons. The third-order valence-electron chi connectivity index (χ3n) is 5.26. The minimum Gasteiger partial charge on any atom is -0.190 e. The van der Waals surface area contributed by atoms with Crippen LogP contribution in [0.4, 0.5) is 0 Å². The summed E-state index contributed by atoms with van der Waals surface area (Å²) in [6, 6.07) is 0. The number of hydrogen-bond acceptors (Lipinski definition) is 0. The predicted molar refractivity (Wildman–Crippen MR) is 98.5 cm³/mol. The SMILES string of the molecule is CCCCCC[B-](C)(CCCCCC)CCCCCC.[Li+]. The predicted octanol–water partition coefficient (Wildman–Crippen LogP) is 4.81. The Morgan fingerprint density at radius 1 is 0.476 bits per heavy atom. The molecule has 0 bridgehead atoms. The first-order valence-electron chi connectivity index (χ1n) is 9.92. The van der Waals surface area contributed by atoms with Gasteiger partial charge in [0.05, 0.1) is 0 Å². The molecule has 0 saturated carbocycles. The minimum atomic E-state index is -0.0483. The topological polar surface area (TPSA) is 0 Å². The van der Waals surface area contributed by atoms with Crippen LogP contribution in [0.1, 0.15) is 97.8 Å². The summed E-state index contributed by atoms with van der Waals surface area (Å²) in [5.74, 6) is 0. The van der Waals surface area contributed by atoms with E-state index in [9.17, 15) is 0 Å². The molecular weight excluding hydrogens is 246 g/mol. The second-order valence-corrected chi connectivity index (χ2v) is 7.64. The van der Waals surface area contributed by atoms with E-state index in [1.54, 1.807) is 0 Å². The molecule has 0 saturated heterocycles. The molecule has 0 aromatic rings. The molecule has 0 aliphatic rings. The van der Waals surface area contributed by atoms with Gasteiger partial charge in [0.25, 0.3) is 0 Å². The van der Waals surface area contributed by atoms with Gasteiger partial charge in [0.1, 0.15) is 0 Å². The summed E-state index contributed by atoms with van der Waals surface area (Å²) in [5.41, 5.74) is 0. The normalized spacial score (nSPS) is 11.4. The van der Waals surface area contributed by atoms with E-state index < -0.39 is 0 Å². The summed E-state index contributed by atoms with van der Waals surface area (Å²) < 4.78 is 0. The first-order chi connectivity index (χ1) is 9.68. The zero-order valence-electron chi connectivity index (χ0n) is 16.2. The number of rotatable bonds is 15. The van der Waals surface area contributed by atoms with Gasteiger partial charge in [0.15, 0.2) is 0 Å². The average molecular weight is 288 g/mol.